The van der Waals surface area contributed by atoms with Crippen LogP contribution >= 0.6 is 0 Å². The predicted molar refractivity (Wildman–Crippen MR) is 78.7 cm³/mol. The van der Waals surface area contributed by atoms with Gasteiger partial charge in [-0.2, -0.15) is 0 Å². The molecule has 1 N–H and O–H groups in total. The summed E-state index contributed by atoms with van der Waals surface area (Å²) < 4.78 is 5.26. The molecule has 0 saturated heterocycles. The van der Waals surface area contributed by atoms with Crippen molar-refractivity contribution in [2.24, 2.45) is 0 Å². The summed E-state index contributed by atoms with van der Waals surface area (Å²) >= 11 is 0. The van der Waals surface area contributed by atoms with Crippen LogP contribution < -0.4 is 10.1 Å². The minimum atomic E-state index is 0.703. The van der Waals surface area contributed by atoms with Crippen LogP contribution in [-0.4, -0.2) is 12.1 Å². The number of nitrogens with zero attached hydrogens (tertiary/aromatic N) is 1. The van der Waals surface area contributed by atoms with Gasteiger partial charge in [-0.15, -0.1) is 0 Å². The number of pyridine rings is 1. The number of aromatic nitrogens is 1. The van der Waals surface area contributed by atoms with E-state index in [9.17, 15) is 0 Å². The number of hydrogen-bond donors (Lipinski definition) is 1. The van der Waals surface area contributed by atoms with Crippen LogP contribution in [0, 0.1) is 6.92 Å². The summed E-state index contributed by atoms with van der Waals surface area (Å²) in [5.74, 6) is 0.855. The van der Waals surface area contributed by atoms with Crippen LogP contribution in [0.25, 0.3) is 0 Å². The van der Waals surface area contributed by atoms with E-state index in [0.717, 1.165) is 23.6 Å². The van der Waals surface area contributed by atoms with E-state index >= 15 is 0 Å². The highest BCUT2D eigenvalue weighted by Crippen LogP contribution is 2.18. The van der Waals surface area contributed by atoms with E-state index in [1.54, 1.807) is 7.11 Å². The van der Waals surface area contributed by atoms with E-state index in [4.69, 9.17) is 4.74 Å². The molecule has 0 aliphatic rings. The van der Waals surface area contributed by atoms with Gasteiger partial charge < -0.3 is 10.1 Å². The molecule has 0 unspecified atom stereocenters. The zero-order valence-electron chi connectivity index (χ0n) is 11.7. The largest absolute Gasteiger partial charge is 0.497 e. The van der Waals surface area contributed by atoms with Crippen LogP contribution in [0.15, 0.2) is 36.4 Å². The molecule has 0 radical (unpaired) electrons. The molecule has 0 fully saturated rings. The van der Waals surface area contributed by atoms with Crippen LogP contribution in [-0.2, 0) is 13.0 Å². The highest BCUT2D eigenvalue weighted by atomic mass is 16.5. The third-order valence-corrected chi connectivity index (χ3v) is 3.07. The Labute approximate surface area is 114 Å². The SMILES string of the molecule is CCc1ccccc1NCc1cc(OC)cc(C)n1. The van der Waals surface area contributed by atoms with Crippen molar-refractivity contribution in [3.05, 3.63) is 53.3 Å². The Morgan fingerprint density at radius 2 is 2.00 bits per heavy atom. The average Bonchev–Trinajstić information content (AvgIpc) is 2.44. The molecule has 2 aromatic rings. The van der Waals surface area contributed by atoms with Gasteiger partial charge >= 0.3 is 0 Å². The number of anilines is 1. The Morgan fingerprint density at radius 3 is 2.74 bits per heavy atom. The van der Waals surface area contributed by atoms with Crippen molar-refractivity contribution in [3.63, 3.8) is 0 Å². The van der Waals surface area contributed by atoms with Crippen molar-refractivity contribution in [2.45, 2.75) is 26.8 Å². The molecule has 1 aromatic carbocycles. The lowest BCUT2D eigenvalue weighted by molar-refractivity contribution is 0.413. The molecule has 1 aromatic heterocycles. The van der Waals surface area contributed by atoms with Gasteiger partial charge in [-0.3, -0.25) is 4.98 Å². The van der Waals surface area contributed by atoms with Crippen molar-refractivity contribution in [1.82, 2.24) is 4.98 Å². The van der Waals surface area contributed by atoms with Gasteiger partial charge in [-0.1, -0.05) is 25.1 Å². The first-order valence-corrected chi connectivity index (χ1v) is 6.56. The van der Waals surface area contributed by atoms with Crippen molar-refractivity contribution in [3.8, 4) is 5.75 Å². The number of methoxy groups -OCH3 is 1. The van der Waals surface area contributed by atoms with Crippen LogP contribution in [0.4, 0.5) is 5.69 Å². The molecule has 0 amide bonds. The Morgan fingerprint density at radius 1 is 1.21 bits per heavy atom. The fraction of sp³-hybridized carbons (Fsp3) is 0.312. The van der Waals surface area contributed by atoms with Gasteiger partial charge in [-0.25, -0.2) is 0 Å². The number of para-hydroxylation sites is 1. The molecular weight excluding hydrogens is 236 g/mol. The Bertz CT molecular complexity index is 552. The first kappa shape index (κ1) is 13.4. The van der Waals surface area contributed by atoms with Crippen LogP contribution in [0.3, 0.4) is 0 Å². The maximum absolute atomic E-state index is 5.26. The van der Waals surface area contributed by atoms with Gasteiger partial charge in [0.05, 0.1) is 19.3 Å². The molecule has 0 aliphatic carbocycles. The first-order chi connectivity index (χ1) is 9.22. The predicted octanol–water partition coefficient (Wildman–Crippen LogP) is 3.57. The Kier molecular flexibility index (Phi) is 4.39. The maximum atomic E-state index is 5.26. The molecule has 0 aliphatic heterocycles. The lowest BCUT2D eigenvalue weighted by atomic mass is 10.1. The second-order valence-electron chi connectivity index (χ2n) is 4.50. The Balaban J connectivity index is 2.12. The minimum absolute atomic E-state index is 0.703. The smallest absolute Gasteiger partial charge is 0.122 e. The van der Waals surface area contributed by atoms with E-state index in [0.29, 0.717) is 6.54 Å². The minimum Gasteiger partial charge on any atom is -0.497 e. The van der Waals surface area contributed by atoms with E-state index in [2.05, 4.69) is 35.4 Å². The van der Waals surface area contributed by atoms with E-state index in [1.807, 2.05) is 25.1 Å². The fourth-order valence-electron chi connectivity index (χ4n) is 2.10. The highest BCUT2D eigenvalue weighted by Gasteiger charge is 2.03. The fourth-order valence-corrected chi connectivity index (χ4v) is 2.10. The van der Waals surface area contributed by atoms with Gasteiger partial charge in [0.1, 0.15) is 5.75 Å². The van der Waals surface area contributed by atoms with Gasteiger partial charge in [0.2, 0.25) is 0 Å². The van der Waals surface area contributed by atoms with E-state index < -0.39 is 0 Å². The number of rotatable bonds is 5. The molecule has 0 spiro atoms. The van der Waals surface area contributed by atoms with Crippen molar-refractivity contribution < 1.29 is 4.74 Å². The zero-order chi connectivity index (χ0) is 13.7. The average molecular weight is 256 g/mol. The molecule has 0 saturated carbocycles. The molecular formula is C16H20N2O. The second-order valence-corrected chi connectivity index (χ2v) is 4.50. The molecule has 3 nitrogen and oxygen atoms in total. The number of ether oxygens (including phenoxy) is 1. The summed E-state index contributed by atoms with van der Waals surface area (Å²) in [5.41, 5.74) is 4.46. The monoisotopic (exact) mass is 256 g/mol. The van der Waals surface area contributed by atoms with Crippen molar-refractivity contribution in [2.75, 3.05) is 12.4 Å². The van der Waals surface area contributed by atoms with Crippen molar-refractivity contribution >= 4 is 5.69 Å². The second kappa shape index (κ2) is 6.23. The van der Waals surface area contributed by atoms with Crippen LogP contribution in [0.1, 0.15) is 23.9 Å². The third kappa shape index (κ3) is 3.47. The number of nitrogens with one attached hydrogen (secondary N) is 1. The lowest BCUT2D eigenvalue weighted by Gasteiger charge is -2.11. The lowest BCUT2D eigenvalue weighted by Crippen LogP contribution is -2.05. The zero-order valence-corrected chi connectivity index (χ0v) is 11.7. The summed E-state index contributed by atoms with van der Waals surface area (Å²) in [6.45, 7) is 4.84. The summed E-state index contributed by atoms with van der Waals surface area (Å²) in [4.78, 5) is 4.51. The summed E-state index contributed by atoms with van der Waals surface area (Å²) in [6.07, 6.45) is 1.02. The van der Waals surface area contributed by atoms with Gasteiger partial charge in [0.15, 0.2) is 0 Å². The highest BCUT2D eigenvalue weighted by molar-refractivity contribution is 5.51. The molecule has 19 heavy (non-hydrogen) atoms. The third-order valence-electron chi connectivity index (χ3n) is 3.07. The number of benzene rings is 1. The molecule has 0 atom stereocenters. The quantitative estimate of drug-likeness (QED) is 0.888. The van der Waals surface area contributed by atoms with Crippen LogP contribution in [0.5, 0.6) is 5.75 Å². The summed E-state index contributed by atoms with van der Waals surface area (Å²) in [6, 6.07) is 12.3. The number of hydrogen-bond acceptors (Lipinski definition) is 3. The number of aryl methyl sites for hydroxylation is 2. The van der Waals surface area contributed by atoms with Crippen molar-refractivity contribution in [1.29, 1.82) is 0 Å². The Hall–Kier alpha value is -2.03. The summed E-state index contributed by atoms with van der Waals surface area (Å²) in [7, 11) is 1.68. The van der Waals surface area contributed by atoms with Crippen LogP contribution in [0.2, 0.25) is 0 Å². The van der Waals surface area contributed by atoms with Gasteiger partial charge in [-0.05, 0) is 25.0 Å². The molecule has 2 rings (SSSR count). The summed E-state index contributed by atoms with van der Waals surface area (Å²) in [5, 5.41) is 3.44. The van der Waals surface area contributed by atoms with E-state index in [1.165, 1.54) is 11.3 Å². The standard InChI is InChI=1S/C16H20N2O/c1-4-13-7-5-6-8-16(13)17-11-14-10-15(19-3)9-12(2)18-14/h5-10,17H,4,11H2,1-3H3. The molecule has 100 valence electrons. The maximum Gasteiger partial charge on any atom is 0.122 e. The van der Waals surface area contributed by atoms with Gasteiger partial charge in [0.25, 0.3) is 0 Å². The van der Waals surface area contributed by atoms with E-state index in [-0.39, 0.29) is 0 Å². The normalized spacial score (nSPS) is 10.3. The molecule has 0 bridgehead atoms. The molecule has 1 heterocycles. The first-order valence-electron chi connectivity index (χ1n) is 6.56. The molecule has 3 heteroatoms. The van der Waals surface area contributed by atoms with Gasteiger partial charge in [0, 0.05) is 23.5 Å². The topological polar surface area (TPSA) is 34.1 Å².